The minimum Gasteiger partial charge on any atom is -0.330 e. The van der Waals surface area contributed by atoms with Gasteiger partial charge < -0.3 is 5.73 Å². The predicted molar refractivity (Wildman–Crippen MR) is 48.3 cm³/mol. The lowest BCUT2D eigenvalue weighted by atomic mass is 10.1. The zero-order chi connectivity index (χ0) is 7.23. The zero-order valence-electron chi connectivity index (χ0n) is 6.31. The van der Waals surface area contributed by atoms with Crippen molar-refractivity contribution in [2.75, 3.05) is 18.1 Å². The predicted octanol–water partition coefficient (Wildman–Crippen LogP) is 1.79. The zero-order valence-corrected chi connectivity index (χ0v) is 7.12. The minimum absolute atomic E-state index is 0.800. The highest BCUT2D eigenvalue weighted by Gasteiger charge is 2.03. The number of hydrogen-bond acceptors (Lipinski definition) is 2. The molecule has 1 saturated heterocycles. The van der Waals surface area contributed by atoms with Crippen LogP contribution in [-0.4, -0.2) is 18.1 Å². The molecule has 0 amide bonds. The molecule has 0 atom stereocenters. The first-order chi connectivity index (χ1) is 4.93. The van der Waals surface area contributed by atoms with Gasteiger partial charge in [0.05, 0.1) is 0 Å². The monoisotopic (exact) mass is 157 g/mol. The fraction of sp³-hybridized carbons (Fsp3) is 0.750. The van der Waals surface area contributed by atoms with E-state index >= 15 is 0 Å². The maximum absolute atomic E-state index is 5.39. The normalized spacial score (nSPS) is 23.5. The summed E-state index contributed by atoms with van der Waals surface area (Å²) < 4.78 is 0. The van der Waals surface area contributed by atoms with Gasteiger partial charge in [-0.1, -0.05) is 11.6 Å². The molecule has 0 radical (unpaired) electrons. The van der Waals surface area contributed by atoms with Gasteiger partial charge in [-0.05, 0) is 31.6 Å². The van der Waals surface area contributed by atoms with Gasteiger partial charge in [-0.15, -0.1) is 0 Å². The summed E-state index contributed by atoms with van der Waals surface area (Å²) in [4.78, 5) is 0. The second-order valence-electron chi connectivity index (χ2n) is 2.60. The fourth-order valence-electron chi connectivity index (χ4n) is 1.13. The molecule has 2 N–H and O–H groups in total. The Balaban J connectivity index is 2.23. The Bertz CT molecular complexity index is 112. The molecule has 0 unspecified atom stereocenters. The minimum atomic E-state index is 0.800. The van der Waals surface area contributed by atoms with E-state index in [1.807, 2.05) is 11.8 Å². The maximum Gasteiger partial charge on any atom is 0.0143 e. The highest BCUT2D eigenvalue weighted by atomic mass is 32.2. The van der Waals surface area contributed by atoms with Crippen molar-refractivity contribution < 1.29 is 0 Å². The molecular formula is C8H15NS. The van der Waals surface area contributed by atoms with E-state index < -0.39 is 0 Å². The van der Waals surface area contributed by atoms with Crippen molar-refractivity contribution in [1.29, 1.82) is 0 Å². The Morgan fingerprint density at radius 3 is 3.10 bits per heavy atom. The van der Waals surface area contributed by atoms with E-state index in [9.17, 15) is 0 Å². The smallest absolute Gasteiger partial charge is 0.0143 e. The number of nitrogens with two attached hydrogens (primary N) is 1. The molecule has 1 rings (SSSR count). The summed E-state index contributed by atoms with van der Waals surface area (Å²) in [6.45, 7) is 0.800. The third kappa shape index (κ3) is 2.76. The number of hydrogen-bond donors (Lipinski definition) is 1. The van der Waals surface area contributed by atoms with E-state index in [0.29, 0.717) is 0 Å². The third-order valence-corrected chi connectivity index (χ3v) is 2.83. The molecule has 0 aromatic carbocycles. The molecule has 0 bridgehead atoms. The van der Waals surface area contributed by atoms with Crippen LogP contribution in [0, 0.1) is 0 Å². The van der Waals surface area contributed by atoms with Crippen molar-refractivity contribution in [1.82, 2.24) is 0 Å². The summed E-state index contributed by atoms with van der Waals surface area (Å²) in [7, 11) is 0. The topological polar surface area (TPSA) is 26.0 Å². The van der Waals surface area contributed by atoms with E-state index in [1.165, 1.54) is 24.3 Å². The first-order valence-electron chi connectivity index (χ1n) is 3.89. The molecule has 1 fully saturated rings. The summed E-state index contributed by atoms with van der Waals surface area (Å²) in [5.41, 5.74) is 7.01. The largest absolute Gasteiger partial charge is 0.330 e. The standard InChI is InChI=1S/C8H15NS/c9-5-1-3-8-4-2-6-10-7-8/h3H,1-2,4-7,9H2. The Morgan fingerprint density at radius 2 is 2.50 bits per heavy atom. The van der Waals surface area contributed by atoms with Crippen LogP contribution in [0.1, 0.15) is 19.3 Å². The van der Waals surface area contributed by atoms with Crippen molar-refractivity contribution in [2.45, 2.75) is 19.3 Å². The molecular weight excluding hydrogens is 142 g/mol. The molecule has 10 heavy (non-hydrogen) atoms. The van der Waals surface area contributed by atoms with Crippen LogP contribution in [0.3, 0.4) is 0 Å². The van der Waals surface area contributed by atoms with Crippen LogP contribution >= 0.6 is 11.8 Å². The lowest BCUT2D eigenvalue weighted by molar-refractivity contribution is 0.881. The lowest BCUT2D eigenvalue weighted by Gasteiger charge is -2.12. The lowest BCUT2D eigenvalue weighted by Crippen LogP contribution is -2.01. The van der Waals surface area contributed by atoms with Gasteiger partial charge in [0.2, 0.25) is 0 Å². The van der Waals surface area contributed by atoms with Gasteiger partial charge in [-0.2, -0.15) is 11.8 Å². The van der Waals surface area contributed by atoms with Crippen LogP contribution in [0.15, 0.2) is 11.6 Å². The van der Waals surface area contributed by atoms with Gasteiger partial charge in [-0.25, -0.2) is 0 Å². The van der Waals surface area contributed by atoms with Crippen LogP contribution in [0.5, 0.6) is 0 Å². The van der Waals surface area contributed by atoms with E-state index in [1.54, 1.807) is 5.57 Å². The summed E-state index contributed by atoms with van der Waals surface area (Å²) in [5, 5.41) is 0. The molecule has 0 aromatic heterocycles. The van der Waals surface area contributed by atoms with Gasteiger partial charge in [0.1, 0.15) is 0 Å². The van der Waals surface area contributed by atoms with Crippen LogP contribution in [0.4, 0.5) is 0 Å². The maximum atomic E-state index is 5.39. The van der Waals surface area contributed by atoms with Crippen LogP contribution in [0.25, 0.3) is 0 Å². The van der Waals surface area contributed by atoms with Crippen molar-refractivity contribution in [3.8, 4) is 0 Å². The molecule has 58 valence electrons. The molecule has 0 aliphatic carbocycles. The van der Waals surface area contributed by atoms with Crippen LogP contribution < -0.4 is 5.73 Å². The molecule has 1 heterocycles. The van der Waals surface area contributed by atoms with E-state index in [2.05, 4.69) is 6.08 Å². The Hall–Kier alpha value is 0.0500. The van der Waals surface area contributed by atoms with Crippen molar-refractivity contribution in [2.24, 2.45) is 5.73 Å². The van der Waals surface area contributed by atoms with Gasteiger partial charge >= 0.3 is 0 Å². The summed E-state index contributed by atoms with van der Waals surface area (Å²) in [6.07, 6.45) is 6.05. The molecule has 0 aromatic rings. The van der Waals surface area contributed by atoms with Crippen LogP contribution in [0.2, 0.25) is 0 Å². The molecule has 0 spiro atoms. The molecule has 2 heteroatoms. The van der Waals surface area contributed by atoms with Gasteiger partial charge in [0.25, 0.3) is 0 Å². The quantitative estimate of drug-likeness (QED) is 0.618. The molecule has 0 saturated carbocycles. The van der Waals surface area contributed by atoms with E-state index in [4.69, 9.17) is 5.73 Å². The second kappa shape index (κ2) is 4.80. The fourth-order valence-corrected chi connectivity index (χ4v) is 2.14. The van der Waals surface area contributed by atoms with Crippen molar-refractivity contribution >= 4 is 11.8 Å². The van der Waals surface area contributed by atoms with E-state index in [-0.39, 0.29) is 0 Å². The molecule has 1 aliphatic rings. The second-order valence-corrected chi connectivity index (χ2v) is 3.70. The number of thioether (sulfide) groups is 1. The van der Waals surface area contributed by atoms with Crippen LogP contribution in [-0.2, 0) is 0 Å². The summed E-state index contributed by atoms with van der Waals surface area (Å²) in [5.74, 6) is 2.60. The van der Waals surface area contributed by atoms with Gasteiger partial charge in [-0.3, -0.25) is 0 Å². The average molecular weight is 157 g/mol. The Labute approximate surface area is 67.1 Å². The summed E-state index contributed by atoms with van der Waals surface area (Å²) in [6, 6.07) is 0. The summed E-state index contributed by atoms with van der Waals surface area (Å²) >= 11 is 2.04. The highest BCUT2D eigenvalue weighted by molar-refractivity contribution is 7.99. The van der Waals surface area contributed by atoms with Crippen molar-refractivity contribution in [3.63, 3.8) is 0 Å². The highest BCUT2D eigenvalue weighted by Crippen LogP contribution is 2.21. The average Bonchev–Trinajstić information content (AvgIpc) is 2.03. The Kier molecular flexibility index (Phi) is 3.91. The van der Waals surface area contributed by atoms with Crippen molar-refractivity contribution in [3.05, 3.63) is 11.6 Å². The molecule has 1 aliphatic heterocycles. The Morgan fingerprint density at radius 1 is 1.60 bits per heavy atom. The first-order valence-corrected chi connectivity index (χ1v) is 5.04. The third-order valence-electron chi connectivity index (χ3n) is 1.67. The SMILES string of the molecule is NCCC=C1CCCSC1. The number of rotatable bonds is 2. The first kappa shape index (κ1) is 8.15. The van der Waals surface area contributed by atoms with Gasteiger partial charge in [0, 0.05) is 5.75 Å². The van der Waals surface area contributed by atoms with E-state index in [0.717, 1.165) is 13.0 Å². The molecule has 1 nitrogen and oxygen atoms in total. The van der Waals surface area contributed by atoms with Gasteiger partial charge in [0.15, 0.2) is 0 Å².